The molecule has 0 amide bonds. The molecule has 1 aromatic rings. The first-order chi connectivity index (χ1) is 8.25. The summed E-state index contributed by atoms with van der Waals surface area (Å²) in [7, 11) is 0. The number of nitrogens with zero attached hydrogens (tertiary/aromatic N) is 1. The monoisotopic (exact) mass is 232 g/mol. The molecule has 17 heavy (non-hydrogen) atoms. The summed E-state index contributed by atoms with van der Waals surface area (Å²) in [5, 5.41) is 3.49. The maximum Gasteiger partial charge on any atom is 0.0167 e. The number of benzene rings is 1. The van der Waals surface area contributed by atoms with Crippen molar-refractivity contribution in [2.24, 2.45) is 0 Å². The normalized spacial score (nSPS) is 21.6. The fourth-order valence-electron chi connectivity index (χ4n) is 2.60. The zero-order valence-corrected chi connectivity index (χ0v) is 11.1. The number of hydrogen-bond acceptors (Lipinski definition) is 2. The summed E-state index contributed by atoms with van der Waals surface area (Å²) >= 11 is 0. The molecule has 0 radical (unpaired) electrons. The summed E-state index contributed by atoms with van der Waals surface area (Å²) < 4.78 is 0. The molecule has 2 heteroatoms. The average molecular weight is 232 g/mol. The van der Waals surface area contributed by atoms with E-state index in [0.29, 0.717) is 6.04 Å². The van der Waals surface area contributed by atoms with E-state index in [4.69, 9.17) is 0 Å². The Kier molecular flexibility index (Phi) is 4.57. The van der Waals surface area contributed by atoms with Gasteiger partial charge in [0.1, 0.15) is 0 Å². The van der Waals surface area contributed by atoms with Crippen LogP contribution in [0.1, 0.15) is 24.5 Å². The van der Waals surface area contributed by atoms with Crippen LogP contribution in [-0.2, 0) is 6.42 Å². The molecule has 1 aliphatic rings. The second-order valence-corrected chi connectivity index (χ2v) is 5.19. The Labute approximate surface area is 105 Å². The average Bonchev–Trinajstić information content (AvgIpc) is 2.32. The highest BCUT2D eigenvalue weighted by Crippen LogP contribution is 2.10. The van der Waals surface area contributed by atoms with E-state index < -0.39 is 0 Å². The highest BCUT2D eigenvalue weighted by Gasteiger charge is 2.14. The first-order valence-corrected chi connectivity index (χ1v) is 6.76. The van der Waals surface area contributed by atoms with Crippen LogP contribution in [0.15, 0.2) is 24.3 Å². The molecule has 2 nitrogen and oxygen atoms in total. The van der Waals surface area contributed by atoms with Gasteiger partial charge in [0.15, 0.2) is 0 Å². The van der Waals surface area contributed by atoms with Crippen molar-refractivity contribution in [3.05, 3.63) is 35.4 Å². The van der Waals surface area contributed by atoms with Gasteiger partial charge in [-0.15, -0.1) is 0 Å². The maximum absolute atomic E-state index is 3.49. The van der Waals surface area contributed by atoms with Crippen LogP contribution in [0.5, 0.6) is 0 Å². The minimum absolute atomic E-state index is 0.655. The molecule has 1 fully saturated rings. The van der Waals surface area contributed by atoms with Crippen molar-refractivity contribution in [3.63, 3.8) is 0 Å². The van der Waals surface area contributed by atoms with Crippen LogP contribution in [0.3, 0.4) is 0 Å². The first kappa shape index (κ1) is 12.6. The zero-order chi connectivity index (χ0) is 12.1. The van der Waals surface area contributed by atoms with E-state index in [1.807, 2.05) is 0 Å². The topological polar surface area (TPSA) is 15.3 Å². The maximum atomic E-state index is 3.49. The molecular formula is C15H24N2. The van der Waals surface area contributed by atoms with Gasteiger partial charge in [0, 0.05) is 25.7 Å². The fraction of sp³-hybridized carbons (Fsp3) is 0.600. The first-order valence-electron chi connectivity index (χ1n) is 6.76. The lowest BCUT2D eigenvalue weighted by Crippen LogP contribution is -2.49. The Hall–Kier alpha value is -0.860. The van der Waals surface area contributed by atoms with Gasteiger partial charge < -0.3 is 10.2 Å². The fourth-order valence-corrected chi connectivity index (χ4v) is 2.60. The molecule has 0 bridgehead atoms. The van der Waals surface area contributed by atoms with Crippen LogP contribution in [0.2, 0.25) is 0 Å². The molecule has 1 saturated heterocycles. The Morgan fingerprint density at radius 3 is 2.94 bits per heavy atom. The summed E-state index contributed by atoms with van der Waals surface area (Å²) in [6, 6.07) is 9.39. The molecular weight excluding hydrogens is 208 g/mol. The lowest BCUT2D eigenvalue weighted by molar-refractivity contribution is 0.205. The van der Waals surface area contributed by atoms with Gasteiger partial charge >= 0.3 is 0 Å². The van der Waals surface area contributed by atoms with E-state index in [0.717, 1.165) is 6.54 Å². The van der Waals surface area contributed by atoms with E-state index in [1.165, 1.54) is 43.6 Å². The number of rotatable bonds is 4. The second-order valence-electron chi connectivity index (χ2n) is 5.19. The van der Waals surface area contributed by atoms with Gasteiger partial charge in [-0.1, -0.05) is 24.3 Å². The molecule has 0 aromatic heterocycles. The predicted octanol–water partition coefficient (Wildman–Crippen LogP) is 2.22. The molecule has 1 aromatic carbocycles. The van der Waals surface area contributed by atoms with Gasteiger partial charge in [-0.05, 0) is 44.4 Å². The lowest BCUT2D eigenvalue weighted by Gasteiger charge is -2.31. The molecule has 0 spiro atoms. The van der Waals surface area contributed by atoms with E-state index in [-0.39, 0.29) is 0 Å². The van der Waals surface area contributed by atoms with Crippen molar-refractivity contribution in [2.75, 3.05) is 26.2 Å². The molecule has 0 aliphatic carbocycles. The van der Waals surface area contributed by atoms with Gasteiger partial charge in [-0.3, -0.25) is 0 Å². The number of piperazine rings is 1. The van der Waals surface area contributed by atoms with Crippen molar-refractivity contribution in [1.29, 1.82) is 0 Å². The molecule has 1 N–H and O–H groups in total. The Balaban J connectivity index is 1.74. The van der Waals surface area contributed by atoms with E-state index in [1.54, 1.807) is 0 Å². The Morgan fingerprint density at radius 1 is 1.35 bits per heavy atom. The third kappa shape index (κ3) is 3.83. The van der Waals surface area contributed by atoms with Crippen molar-refractivity contribution in [2.45, 2.75) is 32.7 Å². The zero-order valence-electron chi connectivity index (χ0n) is 11.1. The highest BCUT2D eigenvalue weighted by atomic mass is 15.2. The smallest absolute Gasteiger partial charge is 0.0167 e. The largest absolute Gasteiger partial charge is 0.312 e. The molecule has 1 atom stereocenters. The summed E-state index contributed by atoms with van der Waals surface area (Å²) in [5.74, 6) is 0. The number of nitrogens with one attached hydrogen (secondary N) is 1. The lowest BCUT2D eigenvalue weighted by atomic mass is 10.0. The van der Waals surface area contributed by atoms with Crippen molar-refractivity contribution >= 4 is 0 Å². The molecule has 1 heterocycles. The SMILES string of the molecule is Cc1ccccc1CCCN1CCNC(C)C1. The van der Waals surface area contributed by atoms with Crippen molar-refractivity contribution in [3.8, 4) is 0 Å². The molecule has 1 aliphatic heterocycles. The Bertz CT molecular complexity index is 349. The summed E-state index contributed by atoms with van der Waals surface area (Å²) in [4.78, 5) is 2.58. The van der Waals surface area contributed by atoms with Crippen LogP contribution >= 0.6 is 0 Å². The Morgan fingerprint density at radius 2 is 2.18 bits per heavy atom. The van der Waals surface area contributed by atoms with Crippen LogP contribution in [0, 0.1) is 6.92 Å². The van der Waals surface area contributed by atoms with Crippen LogP contribution < -0.4 is 5.32 Å². The van der Waals surface area contributed by atoms with Crippen LogP contribution in [0.25, 0.3) is 0 Å². The van der Waals surface area contributed by atoms with Gasteiger partial charge in [-0.2, -0.15) is 0 Å². The third-order valence-electron chi connectivity index (χ3n) is 3.63. The van der Waals surface area contributed by atoms with E-state index in [2.05, 4.69) is 48.3 Å². The van der Waals surface area contributed by atoms with Crippen molar-refractivity contribution in [1.82, 2.24) is 10.2 Å². The second kappa shape index (κ2) is 6.18. The predicted molar refractivity (Wildman–Crippen MR) is 73.4 cm³/mol. The van der Waals surface area contributed by atoms with E-state index in [9.17, 15) is 0 Å². The summed E-state index contributed by atoms with van der Waals surface area (Å²) in [5.41, 5.74) is 2.94. The molecule has 2 rings (SSSR count). The molecule has 0 saturated carbocycles. The minimum atomic E-state index is 0.655. The number of hydrogen-bond donors (Lipinski definition) is 1. The van der Waals surface area contributed by atoms with E-state index >= 15 is 0 Å². The quantitative estimate of drug-likeness (QED) is 0.856. The highest BCUT2D eigenvalue weighted by molar-refractivity contribution is 5.25. The number of aryl methyl sites for hydroxylation is 2. The van der Waals surface area contributed by atoms with Gasteiger partial charge in [0.25, 0.3) is 0 Å². The third-order valence-corrected chi connectivity index (χ3v) is 3.63. The summed E-state index contributed by atoms with van der Waals surface area (Å²) in [6.45, 7) is 9.27. The standard InChI is InChI=1S/C15H24N2/c1-13-6-3-4-7-15(13)8-5-10-17-11-9-16-14(2)12-17/h3-4,6-7,14,16H,5,8-12H2,1-2H3. The van der Waals surface area contributed by atoms with Gasteiger partial charge in [-0.25, -0.2) is 0 Å². The van der Waals surface area contributed by atoms with Crippen LogP contribution in [-0.4, -0.2) is 37.1 Å². The molecule has 1 unspecified atom stereocenters. The van der Waals surface area contributed by atoms with Gasteiger partial charge in [0.2, 0.25) is 0 Å². The van der Waals surface area contributed by atoms with Crippen LogP contribution in [0.4, 0.5) is 0 Å². The van der Waals surface area contributed by atoms with Crippen molar-refractivity contribution < 1.29 is 0 Å². The minimum Gasteiger partial charge on any atom is -0.312 e. The summed E-state index contributed by atoms with van der Waals surface area (Å²) in [6.07, 6.45) is 2.49. The molecule has 94 valence electrons. The van der Waals surface area contributed by atoms with Gasteiger partial charge in [0.05, 0.1) is 0 Å².